The average Bonchev–Trinajstić information content (AvgIpc) is 3.27. The van der Waals surface area contributed by atoms with Crippen LogP contribution in [0.15, 0.2) is 54.7 Å². The standard InChI is InChI=1S/C25H29N5O2/c26-24(27)19-8-10-21(11-9-19)29-23(31)16-30(15-17-4-2-1-3-5-17)25(32)20-7-6-18-12-13-28-22(18)14-20/h6-14,17,28H,1-5,15-16H2,(H3,26,27)(H,29,31). The molecule has 1 saturated carbocycles. The Hall–Kier alpha value is -3.61. The molecule has 5 N–H and O–H groups in total. The number of nitrogens with zero attached hydrogens (tertiary/aromatic N) is 1. The number of hydrogen-bond acceptors (Lipinski definition) is 3. The SMILES string of the molecule is N=C(N)c1ccc(NC(=O)CN(CC2CCCCC2)C(=O)c2ccc3cc[nH]c3c2)cc1. The van der Waals surface area contributed by atoms with Gasteiger partial charge in [-0.15, -0.1) is 0 Å². The van der Waals surface area contributed by atoms with Crippen LogP contribution in [-0.4, -0.2) is 40.6 Å². The summed E-state index contributed by atoms with van der Waals surface area (Å²) in [5, 5.41) is 11.4. The number of benzene rings is 2. The molecule has 4 rings (SSSR count). The van der Waals surface area contributed by atoms with Gasteiger partial charge in [-0.05, 0) is 66.6 Å². The molecular formula is C25H29N5O2. The molecule has 0 atom stereocenters. The van der Waals surface area contributed by atoms with Crippen molar-refractivity contribution in [1.82, 2.24) is 9.88 Å². The van der Waals surface area contributed by atoms with Crippen molar-refractivity contribution >= 4 is 34.2 Å². The zero-order valence-electron chi connectivity index (χ0n) is 18.1. The largest absolute Gasteiger partial charge is 0.384 e. The molecule has 0 aliphatic heterocycles. The summed E-state index contributed by atoms with van der Waals surface area (Å²) < 4.78 is 0. The minimum absolute atomic E-state index is 0.00738. The van der Waals surface area contributed by atoms with Crippen LogP contribution in [0.2, 0.25) is 0 Å². The summed E-state index contributed by atoms with van der Waals surface area (Å²) in [4.78, 5) is 31.0. The third kappa shape index (κ3) is 5.17. The van der Waals surface area contributed by atoms with Crippen molar-refractivity contribution in [1.29, 1.82) is 5.41 Å². The lowest BCUT2D eigenvalue weighted by Crippen LogP contribution is -2.41. The Kier molecular flexibility index (Phi) is 6.54. The molecule has 3 aromatic rings. The van der Waals surface area contributed by atoms with Crippen LogP contribution in [0.5, 0.6) is 0 Å². The molecular weight excluding hydrogens is 402 g/mol. The van der Waals surface area contributed by atoms with Gasteiger partial charge in [-0.3, -0.25) is 15.0 Å². The number of carbonyl (C=O) groups excluding carboxylic acids is 2. The predicted molar refractivity (Wildman–Crippen MR) is 127 cm³/mol. The fourth-order valence-electron chi connectivity index (χ4n) is 4.37. The van der Waals surface area contributed by atoms with E-state index in [0.29, 0.717) is 29.3 Å². The number of nitrogens with one attached hydrogen (secondary N) is 3. The van der Waals surface area contributed by atoms with Gasteiger partial charge in [0.05, 0.1) is 0 Å². The Morgan fingerprint density at radius 2 is 1.75 bits per heavy atom. The summed E-state index contributed by atoms with van der Waals surface area (Å²) in [6.07, 6.45) is 7.63. The van der Waals surface area contributed by atoms with Gasteiger partial charge in [0, 0.05) is 35.1 Å². The molecule has 0 spiro atoms. The monoisotopic (exact) mass is 431 g/mol. The number of aromatic amines is 1. The first-order valence-corrected chi connectivity index (χ1v) is 11.1. The van der Waals surface area contributed by atoms with E-state index in [1.807, 2.05) is 30.5 Å². The molecule has 1 aliphatic carbocycles. The first-order chi connectivity index (χ1) is 15.5. The quantitative estimate of drug-likeness (QED) is 0.333. The number of rotatable bonds is 7. The number of amidine groups is 1. The van der Waals surface area contributed by atoms with Gasteiger partial charge in [-0.2, -0.15) is 0 Å². The highest BCUT2D eigenvalue weighted by molar-refractivity contribution is 6.01. The first-order valence-electron chi connectivity index (χ1n) is 11.1. The van der Waals surface area contributed by atoms with Crippen molar-refractivity contribution in [2.75, 3.05) is 18.4 Å². The van der Waals surface area contributed by atoms with Gasteiger partial charge in [-0.1, -0.05) is 25.3 Å². The normalized spacial score (nSPS) is 14.2. The molecule has 0 saturated heterocycles. The van der Waals surface area contributed by atoms with Crippen molar-refractivity contribution in [2.24, 2.45) is 11.7 Å². The molecule has 0 bridgehead atoms. The van der Waals surface area contributed by atoms with Crippen molar-refractivity contribution in [3.63, 3.8) is 0 Å². The summed E-state index contributed by atoms with van der Waals surface area (Å²) in [6.45, 7) is 0.574. The molecule has 1 aromatic heterocycles. The highest BCUT2D eigenvalue weighted by Gasteiger charge is 2.24. The van der Waals surface area contributed by atoms with Crippen molar-refractivity contribution < 1.29 is 9.59 Å². The van der Waals surface area contributed by atoms with Crippen LogP contribution in [0.1, 0.15) is 48.0 Å². The second kappa shape index (κ2) is 9.68. The Morgan fingerprint density at radius 3 is 2.47 bits per heavy atom. The molecule has 7 heteroatoms. The van der Waals surface area contributed by atoms with E-state index in [1.54, 1.807) is 29.2 Å². The Labute approximate surface area is 187 Å². The van der Waals surface area contributed by atoms with Crippen LogP contribution in [0.3, 0.4) is 0 Å². The van der Waals surface area contributed by atoms with Gasteiger partial charge in [0.1, 0.15) is 12.4 Å². The minimum atomic E-state index is -0.245. The third-order valence-corrected chi connectivity index (χ3v) is 6.11. The molecule has 1 aliphatic rings. The molecule has 0 unspecified atom stereocenters. The minimum Gasteiger partial charge on any atom is -0.384 e. The number of aromatic nitrogens is 1. The van der Waals surface area contributed by atoms with Crippen LogP contribution in [0.4, 0.5) is 5.69 Å². The summed E-state index contributed by atoms with van der Waals surface area (Å²) >= 11 is 0. The number of fused-ring (bicyclic) bond motifs is 1. The Bertz CT molecular complexity index is 1110. The molecule has 1 heterocycles. The molecule has 7 nitrogen and oxygen atoms in total. The van der Waals surface area contributed by atoms with Crippen molar-refractivity contribution in [3.8, 4) is 0 Å². The van der Waals surface area contributed by atoms with Gasteiger partial charge in [0.2, 0.25) is 5.91 Å². The molecule has 32 heavy (non-hydrogen) atoms. The van der Waals surface area contributed by atoms with E-state index < -0.39 is 0 Å². The summed E-state index contributed by atoms with van der Waals surface area (Å²) in [6, 6.07) is 14.4. The smallest absolute Gasteiger partial charge is 0.254 e. The Morgan fingerprint density at radius 1 is 1.03 bits per heavy atom. The molecule has 2 aromatic carbocycles. The third-order valence-electron chi connectivity index (χ3n) is 6.11. The number of H-pyrrole nitrogens is 1. The summed E-state index contributed by atoms with van der Waals surface area (Å²) in [5.41, 5.74) is 8.17. The first kappa shape index (κ1) is 21.6. The van der Waals surface area contributed by atoms with Gasteiger partial charge in [0.25, 0.3) is 5.91 Å². The highest BCUT2D eigenvalue weighted by Crippen LogP contribution is 2.25. The lowest BCUT2D eigenvalue weighted by Gasteiger charge is -2.29. The van der Waals surface area contributed by atoms with Crippen LogP contribution >= 0.6 is 0 Å². The van der Waals surface area contributed by atoms with Crippen LogP contribution in [0.25, 0.3) is 10.9 Å². The number of amides is 2. The second-order valence-electron chi connectivity index (χ2n) is 8.51. The number of hydrogen-bond donors (Lipinski definition) is 4. The predicted octanol–water partition coefficient (Wildman–Crippen LogP) is 4.11. The Balaban J connectivity index is 1.49. The van der Waals surface area contributed by atoms with E-state index in [9.17, 15) is 9.59 Å². The molecule has 0 radical (unpaired) electrons. The van der Waals surface area contributed by atoms with Gasteiger partial charge in [-0.25, -0.2) is 0 Å². The van der Waals surface area contributed by atoms with Crippen LogP contribution < -0.4 is 11.1 Å². The average molecular weight is 432 g/mol. The van der Waals surface area contributed by atoms with E-state index >= 15 is 0 Å². The lowest BCUT2D eigenvalue weighted by atomic mass is 9.89. The highest BCUT2D eigenvalue weighted by atomic mass is 16.2. The van der Waals surface area contributed by atoms with Gasteiger partial charge < -0.3 is 20.9 Å². The van der Waals surface area contributed by atoms with Gasteiger partial charge >= 0.3 is 0 Å². The van der Waals surface area contributed by atoms with Crippen LogP contribution in [0, 0.1) is 11.3 Å². The number of anilines is 1. The summed E-state index contributed by atoms with van der Waals surface area (Å²) in [7, 11) is 0. The molecule has 1 fully saturated rings. The maximum absolute atomic E-state index is 13.4. The fraction of sp³-hybridized carbons (Fsp3) is 0.320. The van der Waals surface area contributed by atoms with Crippen LogP contribution in [-0.2, 0) is 4.79 Å². The molecule has 166 valence electrons. The van der Waals surface area contributed by atoms with E-state index in [-0.39, 0.29) is 24.2 Å². The van der Waals surface area contributed by atoms with Gasteiger partial charge in [0.15, 0.2) is 0 Å². The molecule has 2 amide bonds. The lowest BCUT2D eigenvalue weighted by molar-refractivity contribution is -0.117. The second-order valence-corrected chi connectivity index (χ2v) is 8.51. The number of carbonyl (C=O) groups is 2. The topological polar surface area (TPSA) is 115 Å². The van der Waals surface area contributed by atoms with Crippen molar-refractivity contribution in [2.45, 2.75) is 32.1 Å². The van der Waals surface area contributed by atoms with E-state index in [0.717, 1.165) is 23.7 Å². The zero-order valence-corrected chi connectivity index (χ0v) is 18.1. The zero-order chi connectivity index (χ0) is 22.5. The number of nitrogens with two attached hydrogens (primary N) is 1. The van der Waals surface area contributed by atoms with E-state index in [1.165, 1.54) is 19.3 Å². The maximum atomic E-state index is 13.4. The summed E-state index contributed by atoms with van der Waals surface area (Å²) in [5.74, 6) is 0.0237. The van der Waals surface area contributed by atoms with Crippen molar-refractivity contribution in [3.05, 3.63) is 65.9 Å². The van der Waals surface area contributed by atoms with E-state index in [4.69, 9.17) is 11.1 Å². The fourth-order valence-corrected chi connectivity index (χ4v) is 4.37. The number of nitrogen functional groups attached to an aromatic ring is 1. The maximum Gasteiger partial charge on any atom is 0.254 e. The van der Waals surface area contributed by atoms with E-state index in [2.05, 4.69) is 10.3 Å².